The van der Waals surface area contributed by atoms with Crippen molar-refractivity contribution in [2.45, 2.75) is 26.7 Å². The zero-order valence-corrected chi connectivity index (χ0v) is 6.85. The number of hydrogen-bond acceptors (Lipinski definition) is 2. The van der Waals surface area contributed by atoms with Crippen LogP contribution in [-0.4, -0.2) is 11.6 Å². The second-order valence-electron chi connectivity index (χ2n) is 2.76. The first-order valence-corrected chi connectivity index (χ1v) is 3.69. The number of carbonyl (C=O) groups excluding carboxylic acids is 1. The number of rotatable bonds is 1. The normalized spacial score (nSPS) is 20.2. The number of allylic oxidation sites excluding steroid dienone is 2. The molecule has 1 N–H and O–H groups in total. The van der Waals surface area contributed by atoms with E-state index in [1.165, 1.54) is 12.5 Å². The van der Waals surface area contributed by atoms with E-state index in [0.29, 0.717) is 0 Å². The lowest BCUT2D eigenvalue weighted by Crippen LogP contribution is -2.14. The molecule has 1 amide bonds. The zero-order chi connectivity index (χ0) is 8.27. The zero-order valence-electron chi connectivity index (χ0n) is 6.85. The van der Waals surface area contributed by atoms with Crippen molar-refractivity contribution in [3.8, 4) is 0 Å². The molecule has 60 valence electrons. The van der Waals surface area contributed by atoms with E-state index < -0.39 is 0 Å². The minimum atomic E-state index is -0.115. The van der Waals surface area contributed by atoms with Gasteiger partial charge in [-0.2, -0.15) is 5.10 Å². The Morgan fingerprint density at radius 1 is 1.64 bits per heavy atom. The highest BCUT2D eigenvalue weighted by Crippen LogP contribution is 2.13. The molecule has 3 nitrogen and oxygen atoms in total. The monoisotopic (exact) mass is 152 g/mol. The van der Waals surface area contributed by atoms with E-state index in [-0.39, 0.29) is 5.91 Å². The summed E-state index contributed by atoms with van der Waals surface area (Å²) in [6.45, 7) is 3.52. The maximum absolute atomic E-state index is 10.4. The molecule has 1 rings (SSSR count). The van der Waals surface area contributed by atoms with Gasteiger partial charge in [0.2, 0.25) is 5.91 Å². The average Bonchev–Trinajstić information content (AvgIpc) is 2.31. The van der Waals surface area contributed by atoms with Crippen LogP contribution in [0.1, 0.15) is 26.7 Å². The molecule has 0 spiro atoms. The molecule has 0 aromatic carbocycles. The molecule has 0 atom stereocenters. The van der Waals surface area contributed by atoms with E-state index >= 15 is 0 Å². The highest BCUT2D eigenvalue weighted by atomic mass is 16.2. The van der Waals surface area contributed by atoms with Crippen molar-refractivity contribution in [1.82, 2.24) is 5.43 Å². The number of nitrogens with zero attached hydrogens (tertiary/aromatic N) is 1. The Bertz CT molecular complexity index is 228. The largest absolute Gasteiger partial charge is 0.274 e. The lowest BCUT2D eigenvalue weighted by Gasteiger charge is -1.92. The molecule has 0 radical (unpaired) electrons. The van der Waals surface area contributed by atoms with Gasteiger partial charge in [-0.15, -0.1) is 0 Å². The van der Waals surface area contributed by atoms with Gasteiger partial charge in [0.25, 0.3) is 0 Å². The molecule has 0 aromatic heterocycles. The van der Waals surface area contributed by atoms with Crippen LogP contribution in [0.3, 0.4) is 0 Å². The number of hydrogen-bond donors (Lipinski definition) is 1. The highest BCUT2D eigenvalue weighted by Gasteiger charge is 2.05. The third-order valence-electron chi connectivity index (χ3n) is 1.55. The first-order valence-electron chi connectivity index (χ1n) is 3.69. The van der Waals surface area contributed by atoms with E-state index in [1.807, 2.05) is 6.08 Å². The standard InChI is InChI=1S/C8H12N2O/c1-6-3-4-8(5-6)10-9-7(2)11/h5H,3-4H2,1-2H3,(H,9,11)/b10-8+. The highest BCUT2D eigenvalue weighted by molar-refractivity contribution is 5.98. The predicted octanol–water partition coefficient (Wildman–Crippen LogP) is 1.22. The van der Waals surface area contributed by atoms with E-state index in [2.05, 4.69) is 17.5 Å². The molecule has 0 bridgehead atoms. The Morgan fingerprint density at radius 2 is 2.36 bits per heavy atom. The van der Waals surface area contributed by atoms with Crippen LogP contribution in [0.4, 0.5) is 0 Å². The number of hydrazone groups is 1. The van der Waals surface area contributed by atoms with Gasteiger partial charge in [-0.1, -0.05) is 5.57 Å². The number of carbonyl (C=O) groups is 1. The van der Waals surface area contributed by atoms with Gasteiger partial charge >= 0.3 is 0 Å². The fourth-order valence-electron chi connectivity index (χ4n) is 0.993. The van der Waals surface area contributed by atoms with Gasteiger partial charge in [0.15, 0.2) is 0 Å². The van der Waals surface area contributed by atoms with Crippen LogP contribution in [-0.2, 0) is 4.79 Å². The lowest BCUT2D eigenvalue weighted by atomic mass is 10.3. The molecule has 0 saturated heterocycles. The topological polar surface area (TPSA) is 41.5 Å². The van der Waals surface area contributed by atoms with Crippen molar-refractivity contribution in [2.24, 2.45) is 5.10 Å². The van der Waals surface area contributed by atoms with E-state index in [9.17, 15) is 4.79 Å². The molecule has 0 aromatic rings. The molecule has 0 unspecified atom stereocenters. The van der Waals surface area contributed by atoms with Crippen LogP contribution in [0.15, 0.2) is 16.8 Å². The molecular formula is C8H12N2O. The summed E-state index contributed by atoms with van der Waals surface area (Å²) in [7, 11) is 0. The van der Waals surface area contributed by atoms with Gasteiger partial charge < -0.3 is 0 Å². The fourth-order valence-corrected chi connectivity index (χ4v) is 0.993. The summed E-state index contributed by atoms with van der Waals surface area (Å²) in [4.78, 5) is 10.4. The minimum absolute atomic E-state index is 0.115. The second-order valence-corrected chi connectivity index (χ2v) is 2.76. The molecule has 0 heterocycles. The van der Waals surface area contributed by atoms with Crippen molar-refractivity contribution >= 4 is 11.6 Å². The predicted molar refractivity (Wildman–Crippen MR) is 44.2 cm³/mol. The summed E-state index contributed by atoms with van der Waals surface area (Å²) in [5.74, 6) is -0.115. The first kappa shape index (κ1) is 7.98. The minimum Gasteiger partial charge on any atom is -0.274 e. The third-order valence-corrected chi connectivity index (χ3v) is 1.55. The Kier molecular flexibility index (Phi) is 2.41. The summed E-state index contributed by atoms with van der Waals surface area (Å²) < 4.78 is 0. The van der Waals surface area contributed by atoms with Crippen molar-refractivity contribution in [3.63, 3.8) is 0 Å². The fraction of sp³-hybridized carbons (Fsp3) is 0.500. The van der Waals surface area contributed by atoms with Crippen LogP contribution >= 0.6 is 0 Å². The lowest BCUT2D eigenvalue weighted by molar-refractivity contribution is -0.118. The molecule has 0 fully saturated rings. The second kappa shape index (κ2) is 3.32. The Balaban J connectivity index is 2.49. The molecule has 11 heavy (non-hydrogen) atoms. The third kappa shape index (κ3) is 2.53. The van der Waals surface area contributed by atoms with Crippen LogP contribution < -0.4 is 5.43 Å². The van der Waals surface area contributed by atoms with E-state index in [4.69, 9.17) is 0 Å². The van der Waals surface area contributed by atoms with Crippen molar-refractivity contribution in [2.75, 3.05) is 0 Å². The van der Waals surface area contributed by atoms with Gasteiger partial charge in [-0.25, -0.2) is 5.43 Å². The maximum atomic E-state index is 10.4. The summed E-state index contributed by atoms with van der Waals surface area (Å²) in [6.07, 6.45) is 4.03. The Hall–Kier alpha value is -1.12. The first-order chi connectivity index (χ1) is 5.18. The van der Waals surface area contributed by atoms with Crippen LogP contribution in [0.2, 0.25) is 0 Å². The molecule has 0 saturated carbocycles. The van der Waals surface area contributed by atoms with Gasteiger partial charge in [0.05, 0.1) is 5.71 Å². The quantitative estimate of drug-likeness (QED) is 0.564. The smallest absolute Gasteiger partial charge is 0.236 e. The van der Waals surface area contributed by atoms with E-state index in [1.54, 1.807) is 0 Å². The van der Waals surface area contributed by atoms with Gasteiger partial charge in [-0.05, 0) is 25.8 Å². The molecular weight excluding hydrogens is 140 g/mol. The molecule has 1 aliphatic carbocycles. The molecule has 3 heteroatoms. The molecule has 1 aliphatic rings. The van der Waals surface area contributed by atoms with Crippen molar-refractivity contribution < 1.29 is 4.79 Å². The molecule has 0 aliphatic heterocycles. The Morgan fingerprint density at radius 3 is 2.82 bits per heavy atom. The Labute approximate surface area is 66.2 Å². The van der Waals surface area contributed by atoms with Crippen molar-refractivity contribution in [1.29, 1.82) is 0 Å². The SMILES string of the molecule is CC(=O)N/N=C1/C=C(C)CC1. The number of amides is 1. The average molecular weight is 152 g/mol. The van der Waals surface area contributed by atoms with Crippen LogP contribution in [0.25, 0.3) is 0 Å². The van der Waals surface area contributed by atoms with Gasteiger partial charge in [-0.3, -0.25) is 4.79 Å². The maximum Gasteiger partial charge on any atom is 0.236 e. The number of nitrogens with one attached hydrogen (secondary N) is 1. The van der Waals surface area contributed by atoms with Gasteiger partial charge in [0.1, 0.15) is 0 Å². The van der Waals surface area contributed by atoms with Crippen molar-refractivity contribution in [3.05, 3.63) is 11.6 Å². The van der Waals surface area contributed by atoms with Crippen LogP contribution in [0, 0.1) is 0 Å². The summed E-state index contributed by atoms with van der Waals surface area (Å²) in [6, 6.07) is 0. The van der Waals surface area contributed by atoms with Gasteiger partial charge in [0, 0.05) is 6.92 Å². The summed E-state index contributed by atoms with van der Waals surface area (Å²) >= 11 is 0. The van der Waals surface area contributed by atoms with E-state index in [0.717, 1.165) is 18.6 Å². The summed E-state index contributed by atoms with van der Waals surface area (Å²) in [5.41, 5.74) is 4.71. The van der Waals surface area contributed by atoms with Crippen LogP contribution in [0.5, 0.6) is 0 Å². The summed E-state index contributed by atoms with van der Waals surface area (Å²) in [5, 5.41) is 3.91.